The number of hydrogen-bond donors (Lipinski definition) is 0. The minimum atomic E-state index is 0.213. The van der Waals surface area contributed by atoms with Crippen molar-refractivity contribution in [2.45, 2.75) is 19.8 Å². The normalized spacial score (nSPS) is 18.9. The van der Waals surface area contributed by atoms with Crippen LogP contribution in [0.15, 0.2) is 41.2 Å². The van der Waals surface area contributed by atoms with E-state index in [1.54, 1.807) is 12.4 Å². The van der Waals surface area contributed by atoms with Gasteiger partial charge in [-0.3, -0.25) is 14.8 Å². The molecule has 0 radical (unpaired) electrons. The van der Waals surface area contributed by atoms with Gasteiger partial charge < -0.3 is 0 Å². The number of carbonyl (C=O) groups is 1. The molecule has 0 bridgehead atoms. The lowest BCUT2D eigenvalue weighted by molar-refractivity contribution is -0.117. The quantitative estimate of drug-likeness (QED) is 0.793. The van der Waals surface area contributed by atoms with Gasteiger partial charge in [0, 0.05) is 38.0 Å². The van der Waals surface area contributed by atoms with Gasteiger partial charge in [0.1, 0.15) is 5.78 Å². The highest BCUT2D eigenvalue weighted by molar-refractivity contribution is 5.91. The molecule has 0 N–H and O–H groups in total. The number of pyridine rings is 1. The number of aromatic nitrogens is 1. The second-order valence-electron chi connectivity index (χ2n) is 4.47. The smallest absolute Gasteiger partial charge is 0.141 e. The van der Waals surface area contributed by atoms with Crippen LogP contribution in [0, 0.1) is 5.92 Å². The third-order valence-electron chi connectivity index (χ3n) is 2.67. The first-order valence-corrected chi connectivity index (χ1v) is 5.85. The minimum absolute atomic E-state index is 0.213. The summed E-state index contributed by atoms with van der Waals surface area (Å²) in [5, 5.41) is 0. The van der Waals surface area contributed by atoms with E-state index in [2.05, 4.69) is 23.0 Å². The molecule has 0 fully saturated rings. The monoisotopic (exact) mass is 228 g/mol. The van der Waals surface area contributed by atoms with Gasteiger partial charge in [-0.2, -0.15) is 0 Å². The number of dihydropyridines is 1. The number of hydrogen-bond acceptors (Lipinski definition) is 3. The maximum atomic E-state index is 11.9. The van der Waals surface area contributed by atoms with E-state index < -0.39 is 0 Å². The molecule has 88 valence electrons. The van der Waals surface area contributed by atoms with Crippen molar-refractivity contribution in [3.63, 3.8) is 0 Å². The van der Waals surface area contributed by atoms with Gasteiger partial charge in [-0.1, -0.05) is 19.1 Å². The van der Waals surface area contributed by atoms with E-state index in [4.69, 9.17) is 0 Å². The van der Waals surface area contributed by atoms with Gasteiger partial charge in [0.05, 0.1) is 0 Å². The van der Waals surface area contributed by atoms with Crippen LogP contribution in [0.1, 0.15) is 18.9 Å². The van der Waals surface area contributed by atoms with Gasteiger partial charge in [0.25, 0.3) is 0 Å². The number of allylic oxidation sites excluding steroid dienone is 1. The number of ketones is 1. The fourth-order valence-corrected chi connectivity index (χ4v) is 1.92. The molecule has 3 nitrogen and oxygen atoms in total. The van der Waals surface area contributed by atoms with Crippen LogP contribution in [0.25, 0.3) is 0 Å². The van der Waals surface area contributed by atoms with Crippen LogP contribution in [-0.4, -0.2) is 23.5 Å². The molecular formula is C14H16N2O. The first-order chi connectivity index (χ1) is 8.24. The fourth-order valence-electron chi connectivity index (χ4n) is 1.92. The van der Waals surface area contributed by atoms with Crippen molar-refractivity contribution in [1.82, 2.24) is 4.98 Å². The number of nitrogens with zero attached hydrogens (tertiary/aromatic N) is 2. The molecule has 3 heteroatoms. The van der Waals surface area contributed by atoms with Crippen molar-refractivity contribution in [1.29, 1.82) is 0 Å². The van der Waals surface area contributed by atoms with E-state index in [0.717, 1.165) is 17.7 Å². The summed E-state index contributed by atoms with van der Waals surface area (Å²) in [6, 6.07) is 3.78. The van der Waals surface area contributed by atoms with Crippen molar-refractivity contribution in [2.24, 2.45) is 10.9 Å². The second kappa shape index (κ2) is 5.53. The van der Waals surface area contributed by atoms with Gasteiger partial charge >= 0.3 is 0 Å². The van der Waals surface area contributed by atoms with Crippen molar-refractivity contribution >= 4 is 12.0 Å². The molecule has 0 saturated carbocycles. The summed E-state index contributed by atoms with van der Waals surface area (Å²) >= 11 is 0. The number of aliphatic imine (C=N–C) groups is 1. The van der Waals surface area contributed by atoms with Crippen molar-refractivity contribution in [3.05, 3.63) is 41.7 Å². The zero-order valence-electron chi connectivity index (χ0n) is 9.97. The first kappa shape index (κ1) is 11.7. The Morgan fingerprint density at radius 2 is 2.35 bits per heavy atom. The molecule has 1 unspecified atom stereocenters. The average Bonchev–Trinajstić information content (AvgIpc) is 2.30. The Kier molecular flexibility index (Phi) is 3.81. The van der Waals surface area contributed by atoms with Crippen molar-refractivity contribution in [3.8, 4) is 0 Å². The lowest BCUT2D eigenvalue weighted by atomic mass is 9.99. The molecular weight excluding hydrogens is 212 g/mol. The molecule has 1 aromatic rings. The Morgan fingerprint density at radius 1 is 1.47 bits per heavy atom. The molecule has 0 amide bonds. The topological polar surface area (TPSA) is 42.3 Å². The molecule has 1 aliphatic heterocycles. The second-order valence-corrected chi connectivity index (χ2v) is 4.47. The number of carbonyl (C=O) groups excluding carboxylic acids is 1. The van der Waals surface area contributed by atoms with Crippen molar-refractivity contribution < 1.29 is 4.79 Å². The van der Waals surface area contributed by atoms with Gasteiger partial charge in [-0.25, -0.2) is 0 Å². The Balaban J connectivity index is 1.92. The third kappa shape index (κ3) is 3.63. The van der Waals surface area contributed by atoms with Crippen LogP contribution in [-0.2, 0) is 11.2 Å². The average molecular weight is 228 g/mol. The van der Waals surface area contributed by atoms with Crippen molar-refractivity contribution in [2.75, 3.05) is 6.54 Å². The predicted octanol–water partition coefficient (Wildman–Crippen LogP) is 2.23. The molecule has 0 saturated heterocycles. The Hall–Kier alpha value is -1.77. The summed E-state index contributed by atoms with van der Waals surface area (Å²) in [7, 11) is 0. The molecule has 0 aliphatic carbocycles. The van der Waals surface area contributed by atoms with Gasteiger partial charge in [-0.15, -0.1) is 0 Å². The molecule has 1 aliphatic rings. The van der Waals surface area contributed by atoms with Gasteiger partial charge in [-0.05, 0) is 23.1 Å². The lowest BCUT2D eigenvalue weighted by Gasteiger charge is -2.11. The summed E-state index contributed by atoms with van der Waals surface area (Å²) in [4.78, 5) is 20.1. The van der Waals surface area contributed by atoms with Gasteiger partial charge in [0.15, 0.2) is 0 Å². The van der Waals surface area contributed by atoms with E-state index in [9.17, 15) is 4.79 Å². The summed E-state index contributed by atoms with van der Waals surface area (Å²) in [6.07, 6.45) is 8.33. The van der Waals surface area contributed by atoms with Crippen LogP contribution < -0.4 is 0 Å². The third-order valence-corrected chi connectivity index (χ3v) is 2.67. The maximum Gasteiger partial charge on any atom is 0.141 e. The largest absolute Gasteiger partial charge is 0.299 e. The van der Waals surface area contributed by atoms with E-state index in [1.807, 2.05) is 18.3 Å². The van der Waals surface area contributed by atoms with Gasteiger partial charge in [0.2, 0.25) is 0 Å². The fraction of sp³-hybridized carbons (Fsp3) is 0.357. The lowest BCUT2D eigenvalue weighted by Crippen LogP contribution is -2.10. The van der Waals surface area contributed by atoms with E-state index >= 15 is 0 Å². The standard InChI is InChI=1S/C14H16N2O/c1-11-5-13(10-16-8-11)7-14(17)6-12-3-2-4-15-9-12/h2-5,9-11H,6-8H2,1H3. The molecule has 0 aromatic carbocycles. The highest BCUT2D eigenvalue weighted by Gasteiger charge is 2.10. The summed E-state index contributed by atoms with van der Waals surface area (Å²) < 4.78 is 0. The first-order valence-electron chi connectivity index (χ1n) is 5.85. The zero-order chi connectivity index (χ0) is 12.1. The van der Waals surface area contributed by atoms with Crippen LogP contribution in [0.5, 0.6) is 0 Å². The summed E-state index contributed by atoms with van der Waals surface area (Å²) in [5.41, 5.74) is 2.01. The highest BCUT2D eigenvalue weighted by atomic mass is 16.1. The summed E-state index contributed by atoms with van der Waals surface area (Å²) in [6.45, 7) is 2.95. The SMILES string of the molecule is CC1C=C(CC(=O)Cc2cccnc2)C=NC1. The molecule has 17 heavy (non-hydrogen) atoms. The molecule has 2 heterocycles. The van der Waals surface area contributed by atoms with Crippen LogP contribution >= 0.6 is 0 Å². The molecule has 0 spiro atoms. The Morgan fingerprint density at radius 3 is 3.06 bits per heavy atom. The predicted molar refractivity (Wildman–Crippen MR) is 68.2 cm³/mol. The minimum Gasteiger partial charge on any atom is -0.299 e. The van der Waals surface area contributed by atoms with Crippen LogP contribution in [0.2, 0.25) is 0 Å². The molecule has 1 aromatic heterocycles. The molecule has 2 rings (SSSR count). The Bertz CT molecular complexity index is 449. The maximum absolute atomic E-state index is 11.9. The van der Waals surface area contributed by atoms with Crippen LogP contribution in [0.4, 0.5) is 0 Å². The molecule has 1 atom stereocenters. The zero-order valence-corrected chi connectivity index (χ0v) is 9.97. The summed E-state index contributed by atoms with van der Waals surface area (Å²) in [5.74, 6) is 0.658. The van der Waals surface area contributed by atoms with Crippen LogP contribution in [0.3, 0.4) is 0 Å². The number of Topliss-reactive ketones (excluding diaryl/α,β-unsaturated/α-hetero) is 1. The van der Waals surface area contributed by atoms with E-state index in [1.165, 1.54) is 0 Å². The highest BCUT2D eigenvalue weighted by Crippen LogP contribution is 2.12. The number of rotatable bonds is 4. The van der Waals surface area contributed by atoms with E-state index in [-0.39, 0.29) is 5.78 Å². The Labute approximate surface area is 101 Å². The van der Waals surface area contributed by atoms with E-state index in [0.29, 0.717) is 18.8 Å².